The molecule has 0 saturated heterocycles. The number of benzene rings is 1. The quantitative estimate of drug-likeness (QED) is 0.743. The molecule has 0 aliphatic carbocycles. The van der Waals surface area contributed by atoms with Crippen molar-refractivity contribution in [3.8, 4) is 0 Å². The van der Waals surface area contributed by atoms with Crippen LogP contribution >= 0.6 is 0 Å². The largest absolute Gasteiger partial charge is 0.399 e. The Kier molecular flexibility index (Phi) is 7.09. The van der Waals surface area contributed by atoms with E-state index in [4.69, 9.17) is 10.5 Å². The van der Waals surface area contributed by atoms with Gasteiger partial charge in [0.15, 0.2) is 0 Å². The first-order chi connectivity index (χ1) is 9.58. The molecule has 1 aromatic carbocycles. The van der Waals surface area contributed by atoms with Gasteiger partial charge in [0.2, 0.25) is 5.91 Å². The number of hydrogen-bond acceptors (Lipinski definition) is 3. The van der Waals surface area contributed by atoms with E-state index < -0.39 is 0 Å². The fraction of sp³-hybridized carbons (Fsp3) is 0.562. The highest BCUT2D eigenvalue weighted by molar-refractivity contribution is 5.76. The summed E-state index contributed by atoms with van der Waals surface area (Å²) in [5.41, 5.74) is 7.60. The van der Waals surface area contributed by atoms with Gasteiger partial charge in [0.1, 0.15) is 0 Å². The zero-order valence-corrected chi connectivity index (χ0v) is 12.8. The third-order valence-corrected chi connectivity index (χ3v) is 3.56. The van der Waals surface area contributed by atoms with Crippen molar-refractivity contribution in [3.63, 3.8) is 0 Å². The normalized spacial score (nSPS) is 12.2. The van der Waals surface area contributed by atoms with Gasteiger partial charge in [0, 0.05) is 31.8 Å². The summed E-state index contributed by atoms with van der Waals surface area (Å²) in [5, 5.41) is 0. The van der Waals surface area contributed by atoms with Crippen molar-refractivity contribution in [2.24, 2.45) is 0 Å². The minimum absolute atomic E-state index is 0.179. The predicted octanol–water partition coefficient (Wildman–Crippen LogP) is 2.47. The number of amides is 1. The summed E-state index contributed by atoms with van der Waals surface area (Å²) in [7, 11) is 1.66. The Morgan fingerprint density at radius 3 is 2.80 bits per heavy atom. The number of carbonyl (C=O) groups excluding carboxylic acids is 1. The molecule has 0 spiro atoms. The zero-order valence-electron chi connectivity index (χ0n) is 12.8. The number of carbonyl (C=O) groups is 1. The Hall–Kier alpha value is -1.55. The number of rotatable bonds is 8. The Bertz CT molecular complexity index is 421. The van der Waals surface area contributed by atoms with Gasteiger partial charge >= 0.3 is 0 Å². The molecule has 0 aliphatic rings. The Morgan fingerprint density at radius 2 is 2.20 bits per heavy atom. The molecule has 0 aliphatic heterocycles. The van der Waals surface area contributed by atoms with E-state index in [-0.39, 0.29) is 11.9 Å². The Morgan fingerprint density at radius 1 is 1.45 bits per heavy atom. The molecule has 0 aromatic heterocycles. The number of nitrogens with two attached hydrogens (primary N) is 1. The highest BCUT2D eigenvalue weighted by Gasteiger charge is 2.18. The van der Waals surface area contributed by atoms with Crippen LogP contribution in [-0.2, 0) is 16.0 Å². The molecule has 1 atom stereocenters. The number of methoxy groups -OCH3 is 1. The predicted molar refractivity (Wildman–Crippen MR) is 82.5 cm³/mol. The van der Waals surface area contributed by atoms with E-state index in [0.29, 0.717) is 19.6 Å². The molecule has 4 nitrogen and oxygen atoms in total. The van der Waals surface area contributed by atoms with Crippen LogP contribution in [0.3, 0.4) is 0 Å². The number of hydrogen-bond donors (Lipinski definition) is 1. The van der Waals surface area contributed by atoms with Crippen molar-refractivity contribution in [2.75, 3.05) is 26.0 Å². The molecule has 4 heteroatoms. The van der Waals surface area contributed by atoms with Gasteiger partial charge in [0.05, 0.1) is 6.61 Å². The summed E-state index contributed by atoms with van der Waals surface area (Å²) >= 11 is 0. The SMILES string of the molecule is CCC(C)N(CCOC)C(=O)CCc1cccc(N)c1. The third kappa shape index (κ3) is 5.21. The number of nitrogen functional groups attached to an aromatic ring is 1. The van der Waals surface area contributed by atoms with Crippen LogP contribution in [-0.4, -0.2) is 37.1 Å². The van der Waals surface area contributed by atoms with E-state index in [1.165, 1.54) is 0 Å². The molecule has 0 bridgehead atoms. The van der Waals surface area contributed by atoms with E-state index in [9.17, 15) is 4.79 Å². The lowest BCUT2D eigenvalue weighted by Gasteiger charge is -2.28. The van der Waals surface area contributed by atoms with Crippen molar-refractivity contribution >= 4 is 11.6 Å². The van der Waals surface area contributed by atoms with Gasteiger partial charge in [-0.1, -0.05) is 19.1 Å². The minimum atomic E-state index is 0.179. The van der Waals surface area contributed by atoms with Crippen LogP contribution in [0.15, 0.2) is 24.3 Å². The summed E-state index contributed by atoms with van der Waals surface area (Å²) < 4.78 is 5.09. The van der Waals surface area contributed by atoms with Gasteiger partial charge in [0.25, 0.3) is 0 Å². The zero-order chi connectivity index (χ0) is 15.0. The van der Waals surface area contributed by atoms with Crippen LogP contribution in [0.25, 0.3) is 0 Å². The lowest BCUT2D eigenvalue weighted by molar-refractivity contribution is -0.134. The standard InChI is InChI=1S/C16H26N2O2/c1-4-13(2)18(10-11-20-3)16(19)9-8-14-6-5-7-15(17)12-14/h5-7,12-13H,4,8-11,17H2,1-3H3. The van der Waals surface area contributed by atoms with Gasteiger partial charge in [-0.2, -0.15) is 0 Å². The molecule has 112 valence electrons. The summed E-state index contributed by atoms with van der Waals surface area (Å²) in [5.74, 6) is 0.179. The molecule has 0 radical (unpaired) electrons. The number of nitrogens with zero attached hydrogens (tertiary/aromatic N) is 1. The summed E-state index contributed by atoms with van der Waals surface area (Å²) in [6.07, 6.45) is 2.19. The number of aryl methyl sites for hydroxylation is 1. The van der Waals surface area contributed by atoms with Crippen molar-refractivity contribution in [1.82, 2.24) is 4.90 Å². The van der Waals surface area contributed by atoms with E-state index >= 15 is 0 Å². The molecule has 20 heavy (non-hydrogen) atoms. The van der Waals surface area contributed by atoms with Crippen LogP contribution in [0.5, 0.6) is 0 Å². The van der Waals surface area contributed by atoms with Crippen LogP contribution in [0.2, 0.25) is 0 Å². The number of ether oxygens (including phenoxy) is 1. The van der Waals surface area contributed by atoms with E-state index in [2.05, 4.69) is 13.8 Å². The highest BCUT2D eigenvalue weighted by atomic mass is 16.5. The highest BCUT2D eigenvalue weighted by Crippen LogP contribution is 2.12. The summed E-state index contributed by atoms with van der Waals surface area (Å²) in [6.45, 7) is 5.40. The third-order valence-electron chi connectivity index (χ3n) is 3.56. The fourth-order valence-corrected chi connectivity index (χ4v) is 2.14. The van der Waals surface area contributed by atoms with Gasteiger partial charge in [-0.15, -0.1) is 0 Å². The average molecular weight is 278 g/mol. The second kappa shape index (κ2) is 8.59. The Labute approximate surface area is 121 Å². The van der Waals surface area contributed by atoms with Gasteiger partial charge in [-0.25, -0.2) is 0 Å². The van der Waals surface area contributed by atoms with Crippen molar-refractivity contribution in [2.45, 2.75) is 39.2 Å². The van der Waals surface area contributed by atoms with Crippen molar-refractivity contribution in [1.29, 1.82) is 0 Å². The second-order valence-electron chi connectivity index (χ2n) is 5.08. The van der Waals surface area contributed by atoms with E-state index in [1.54, 1.807) is 7.11 Å². The minimum Gasteiger partial charge on any atom is -0.399 e. The van der Waals surface area contributed by atoms with Gasteiger partial charge in [-0.05, 0) is 37.5 Å². The maximum atomic E-state index is 12.3. The van der Waals surface area contributed by atoms with Crippen LogP contribution in [0.4, 0.5) is 5.69 Å². The molecule has 0 fully saturated rings. The summed E-state index contributed by atoms with van der Waals surface area (Å²) in [4.78, 5) is 14.3. The maximum Gasteiger partial charge on any atom is 0.223 e. The van der Waals surface area contributed by atoms with Gasteiger partial charge in [-0.3, -0.25) is 4.79 Å². The molecule has 1 rings (SSSR count). The van der Waals surface area contributed by atoms with Gasteiger partial charge < -0.3 is 15.4 Å². The van der Waals surface area contributed by atoms with Crippen LogP contribution in [0.1, 0.15) is 32.3 Å². The van der Waals surface area contributed by atoms with Crippen LogP contribution in [0, 0.1) is 0 Å². The average Bonchev–Trinajstić information content (AvgIpc) is 2.45. The fourth-order valence-electron chi connectivity index (χ4n) is 2.14. The molecule has 0 saturated carbocycles. The maximum absolute atomic E-state index is 12.3. The monoisotopic (exact) mass is 278 g/mol. The molecular formula is C16H26N2O2. The van der Waals surface area contributed by atoms with E-state index in [0.717, 1.165) is 24.1 Å². The molecule has 0 heterocycles. The first kappa shape index (κ1) is 16.5. The topological polar surface area (TPSA) is 55.6 Å². The smallest absolute Gasteiger partial charge is 0.223 e. The lowest BCUT2D eigenvalue weighted by Crippen LogP contribution is -2.40. The Balaban J connectivity index is 2.57. The lowest BCUT2D eigenvalue weighted by atomic mass is 10.1. The van der Waals surface area contributed by atoms with E-state index in [1.807, 2.05) is 29.2 Å². The first-order valence-corrected chi connectivity index (χ1v) is 7.21. The number of anilines is 1. The van der Waals surface area contributed by atoms with Crippen LogP contribution < -0.4 is 5.73 Å². The second-order valence-corrected chi connectivity index (χ2v) is 5.08. The molecule has 1 aromatic rings. The molecule has 2 N–H and O–H groups in total. The van der Waals surface area contributed by atoms with Crippen molar-refractivity contribution in [3.05, 3.63) is 29.8 Å². The molecule has 1 amide bonds. The van der Waals surface area contributed by atoms with Crippen molar-refractivity contribution < 1.29 is 9.53 Å². The molecular weight excluding hydrogens is 252 g/mol. The molecule has 1 unspecified atom stereocenters. The first-order valence-electron chi connectivity index (χ1n) is 7.21. The summed E-state index contributed by atoms with van der Waals surface area (Å²) in [6, 6.07) is 7.96.